The van der Waals surface area contributed by atoms with Crippen LogP contribution in [-0.4, -0.2) is 39.4 Å². The molecule has 2 atom stereocenters. The van der Waals surface area contributed by atoms with Gasteiger partial charge in [-0.3, -0.25) is 9.36 Å². The molecule has 8 heteroatoms. The van der Waals surface area contributed by atoms with Gasteiger partial charge in [0.05, 0.1) is 17.6 Å². The molecule has 0 amide bonds. The smallest absolute Gasteiger partial charge is 0.180 e. The minimum absolute atomic E-state index is 0.459. The van der Waals surface area contributed by atoms with E-state index in [1.807, 2.05) is 43.5 Å². The molecule has 0 aromatic carbocycles. The topological polar surface area (TPSA) is 78.7 Å². The molecule has 0 N–H and O–H groups in total. The molecule has 0 saturated heterocycles. The highest BCUT2D eigenvalue weighted by molar-refractivity contribution is 5.60. The highest BCUT2D eigenvalue weighted by atomic mass is 15.4. The van der Waals surface area contributed by atoms with Crippen LogP contribution in [0.1, 0.15) is 40.9 Å². The van der Waals surface area contributed by atoms with Crippen LogP contribution in [0, 0.1) is 13.8 Å². The molecular formula is C18H20N8. The summed E-state index contributed by atoms with van der Waals surface area (Å²) in [5.41, 5.74) is 6.16. The quantitative estimate of drug-likeness (QED) is 0.567. The molecule has 0 bridgehead atoms. The van der Waals surface area contributed by atoms with E-state index in [4.69, 9.17) is 10.2 Å². The lowest BCUT2D eigenvalue weighted by molar-refractivity contribution is 0.741. The van der Waals surface area contributed by atoms with Crippen molar-refractivity contribution in [1.29, 1.82) is 0 Å². The van der Waals surface area contributed by atoms with Gasteiger partial charge in [-0.25, -0.2) is 0 Å². The van der Waals surface area contributed by atoms with Gasteiger partial charge < -0.3 is 0 Å². The Morgan fingerprint density at radius 1 is 1.04 bits per heavy atom. The summed E-state index contributed by atoms with van der Waals surface area (Å²) in [6, 6.07) is 4.21. The number of rotatable bonds is 3. The van der Waals surface area contributed by atoms with Gasteiger partial charge in [0.15, 0.2) is 11.5 Å². The summed E-state index contributed by atoms with van der Waals surface area (Å²) in [7, 11) is 3.93. The van der Waals surface area contributed by atoms with Crippen LogP contribution in [0.25, 0.3) is 17.0 Å². The van der Waals surface area contributed by atoms with Gasteiger partial charge in [0, 0.05) is 26.2 Å². The monoisotopic (exact) mass is 348 g/mol. The summed E-state index contributed by atoms with van der Waals surface area (Å²) in [5.74, 6) is 1.76. The molecule has 0 unspecified atom stereocenters. The molecule has 1 aliphatic rings. The molecule has 8 nitrogen and oxygen atoms in total. The minimum Gasteiger partial charge on any atom is -0.276 e. The maximum absolute atomic E-state index is 4.76. The highest BCUT2D eigenvalue weighted by Crippen LogP contribution is 2.54. The van der Waals surface area contributed by atoms with E-state index < -0.39 is 0 Å². The summed E-state index contributed by atoms with van der Waals surface area (Å²) in [6.45, 7) is 3.94. The Morgan fingerprint density at radius 2 is 1.88 bits per heavy atom. The number of hydrogen-bond acceptors (Lipinski definition) is 5. The zero-order valence-electron chi connectivity index (χ0n) is 15.2. The zero-order valence-corrected chi connectivity index (χ0v) is 15.2. The van der Waals surface area contributed by atoms with Crippen LogP contribution in [0.5, 0.6) is 0 Å². The van der Waals surface area contributed by atoms with Gasteiger partial charge in [0.1, 0.15) is 5.69 Å². The predicted molar refractivity (Wildman–Crippen MR) is 95.8 cm³/mol. The Bertz CT molecular complexity index is 1130. The normalized spacial score (nSPS) is 19.4. The molecule has 26 heavy (non-hydrogen) atoms. The number of hydrogen-bond donors (Lipinski definition) is 0. The second-order valence-electron chi connectivity index (χ2n) is 7.17. The van der Waals surface area contributed by atoms with Gasteiger partial charge in [0.25, 0.3) is 0 Å². The van der Waals surface area contributed by atoms with Crippen LogP contribution in [0.2, 0.25) is 0 Å². The van der Waals surface area contributed by atoms with E-state index in [1.165, 1.54) is 5.56 Å². The van der Waals surface area contributed by atoms with E-state index in [2.05, 4.69) is 33.6 Å². The van der Waals surface area contributed by atoms with E-state index >= 15 is 0 Å². The Balaban J connectivity index is 1.51. The van der Waals surface area contributed by atoms with Gasteiger partial charge in [-0.15, -0.1) is 10.2 Å². The molecule has 1 saturated carbocycles. The molecule has 0 aliphatic heterocycles. The molecule has 5 rings (SSSR count). The van der Waals surface area contributed by atoms with Gasteiger partial charge in [-0.2, -0.15) is 19.8 Å². The third-order valence-electron chi connectivity index (χ3n) is 5.19. The van der Waals surface area contributed by atoms with Crippen molar-refractivity contribution in [3.05, 3.63) is 47.2 Å². The summed E-state index contributed by atoms with van der Waals surface area (Å²) in [4.78, 5) is 0. The first-order valence-electron chi connectivity index (χ1n) is 8.74. The molecular weight excluding hydrogens is 328 g/mol. The highest BCUT2D eigenvalue weighted by Gasteiger charge is 2.42. The van der Waals surface area contributed by atoms with E-state index in [0.717, 1.165) is 40.5 Å². The van der Waals surface area contributed by atoms with Crippen LogP contribution in [0.15, 0.2) is 24.5 Å². The number of aromatic nitrogens is 8. The van der Waals surface area contributed by atoms with Crippen molar-refractivity contribution < 1.29 is 0 Å². The molecule has 0 spiro atoms. The summed E-state index contributed by atoms with van der Waals surface area (Å²) in [5, 5.41) is 22.1. The first-order valence-corrected chi connectivity index (χ1v) is 8.74. The average molecular weight is 348 g/mol. The molecule has 4 aromatic rings. The van der Waals surface area contributed by atoms with Crippen LogP contribution in [0.3, 0.4) is 0 Å². The fourth-order valence-electron chi connectivity index (χ4n) is 3.69. The zero-order chi connectivity index (χ0) is 18.0. The van der Waals surface area contributed by atoms with E-state index in [9.17, 15) is 0 Å². The predicted octanol–water partition coefficient (Wildman–Crippen LogP) is 2.15. The van der Waals surface area contributed by atoms with Gasteiger partial charge >= 0.3 is 0 Å². The van der Waals surface area contributed by atoms with Crippen molar-refractivity contribution in [3.63, 3.8) is 0 Å². The molecule has 1 aliphatic carbocycles. The number of nitrogens with zero attached hydrogens (tertiary/aromatic N) is 8. The van der Waals surface area contributed by atoms with Crippen molar-refractivity contribution in [2.24, 2.45) is 14.1 Å². The second kappa shape index (κ2) is 5.23. The van der Waals surface area contributed by atoms with Crippen molar-refractivity contribution in [1.82, 2.24) is 39.4 Å². The standard InChI is InChI=1S/C18H20N8/c1-10-5-16(23-26-11(2)20-21-18(10)26)17-7-15(22-25(17)4)14-6-13(14)12-8-19-24(3)9-12/h5,7-9,13-14H,6H2,1-4H3/t13-,14+/m0/s1. The second-order valence-corrected chi connectivity index (χ2v) is 7.17. The van der Waals surface area contributed by atoms with Crippen LogP contribution < -0.4 is 0 Å². The number of aryl methyl sites for hydroxylation is 4. The van der Waals surface area contributed by atoms with E-state index in [1.54, 1.807) is 4.52 Å². The van der Waals surface area contributed by atoms with Crippen molar-refractivity contribution >= 4 is 5.65 Å². The Morgan fingerprint density at radius 3 is 2.65 bits per heavy atom. The van der Waals surface area contributed by atoms with E-state index in [-0.39, 0.29) is 0 Å². The molecule has 132 valence electrons. The van der Waals surface area contributed by atoms with Crippen molar-refractivity contribution in [2.45, 2.75) is 32.1 Å². The van der Waals surface area contributed by atoms with E-state index in [0.29, 0.717) is 11.8 Å². The fraction of sp³-hybridized carbons (Fsp3) is 0.389. The van der Waals surface area contributed by atoms with Crippen LogP contribution >= 0.6 is 0 Å². The summed E-state index contributed by atoms with van der Waals surface area (Å²) in [6.07, 6.45) is 5.18. The van der Waals surface area contributed by atoms with Gasteiger partial charge in [-0.05, 0) is 49.4 Å². The number of fused-ring (bicyclic) bond motifs is 1. The Labute approximate surface area is 150 Å². The van der Waals surface area contributed by atoms with Gasteiger partial charge in [0.2, 0.25) is 0 Å². The molecule has 1 fully saturated rings. The molecule has 4 heterocycles. The van der Waals surface area contributed by atoms with Crippen LogP contribution in [0.4, 0.5) is 0 Å². The third kappa shape index (κ3) is 2.25. The lowest BCUT2D eigenvalue weighted by Gasteiger charge is -2.04. The fourth-order valence-corrected chi connectivity index (χ4v) is 3.69. The first kappa shape index (κ1) is 15.2. The lowest BCUT2D eigenvalue weighted by atomic mass is 10.1. The minimum atomic E-state index is 0.459. The molecule has 4 aromatic heterocycles. The maximum Gasteiger partial charge on any atom is 0.180 e. The lowest BCUT2D eigenvalue weighted by Crippen LogP contribution is -2.02. The first-order chi connectivity index (χ1) is 12.5. The average Bonchev–Trinajstić information content (AvgIpc) is 2.91. The Hall–Kier alpha value is -3.03. The molecule has 0 radical (unpaired) electrons. The summed E-state index contributed by atoms with van der Waals surface area (Å²) < 4.78 is 5.58. The van der Waals surface area contributed by atoms with Crippen molar-refractivity contribution in [2.75, 3.05) is 0 Å². The largest absolute Gasteiger partial charge is 0.276 e. The maximum atomic E-state index is 4.76. The Kier molecular flexibility index (Phi) is 3.07. The summed E-state index contributed by atoms with van der Waals surface area (Å²) >= 11 is 0. The third-order valence-corrected chi connectivity index (χ3v) is 5.19. The van der Waals surface area contributed by atoms with Crippen LogP contribution in [-0.2, 0) is 14.1 Å². The SMILES string of the molecule is Cc1cc(-c2cc([C@@H]3C[C@H]3c3cnn(C)c3)nn2C)nn2c(C)nnc12. The van der Waals surface area contributed by atoms with Crippen molar-refractivity contribution in [3.8, 4) is 11.4 Å². The van der Waals surface area contributed by atoms with Gasteiger partial charge in [-0.1, -0.05) is 0 Å².